The third-order valence-corrected chi connectivity index (χ3v) is 2.48. The molecule has 2 amide bonds. The highest BCUT2D eigenvalue weighted by molar-refractivity contribution is 6.30. The normalized spacial score (nSPS) is 9.65. The molecule has 0 aliphatic carbocycles. The van der Waals surface area contributed by atoms with Gasteiger partial charge in [0.1, 0.15) is 11.6 Å². The zero-order valence-electron chi connectivity index (χ0n) is 10.0. The average Bonchev–Trinajstić information content (AvgIpc) is 2.40. The predicted octanol–water partition coefficient (Wildman–Crippen LogP) is 3.39. The highest BCUT2D eigenvalue weighted by atomic mass is 35.5. The lowest BCUT2D eigenvalue weighted by atomic mass is 10.2. The molecule has 0 atom stereocenters. The second-order valence-corrected chi connectivity index (χ2v) is 4.22. The predicted molar refractivity (Wildman–Crippen MR) is 73.0 cm³/mol. The van der Waals surface area contributed by atoms with Crippen molar-refractivity contribution in [2.24, 2.45) is 0 Å². The van der Waals surface area contributed by atoms with Crippen molar-refractivity contribution in [1.82, 2.24) is 4.98 Å². The van der Waals surface area contributed by atoms with E-state index in [9.17, 15) is 9.18 Å². The van der Waals surface area contributed by atoms with Gasteiger partial charge in [-0.15, -0.1) is 0 Å². The van der Waals surface area contributed by atoms with Crippen LogP contribution in [0.25, 0.3) is 0 Å². The number of amides is 2. The fourth-order valence-corrected chi connectivity index (χ4v) is 1.57. The number of halogens is 2. The smallest absolute Gasteiger partial charge is 0.308 e. The van der Waals surface area contributed by atoms with E-state index in [0.717, 1.165) is 12.1 Å². The Morgan fingerprint density at radius 1 is 1.30 bits per heavy atom. The number of pyridine rings is 1. The first kappa shape index (κ1) is 13.8. The maximum atomic E-state index is 13.2. The number of nitrogens with one attached hydrogen (secondary N) is 2. The molecule has 1 heterocycles. The van der Waals surface area contributed by atoms with Crippen molar-refractivity contribution in [2.75, 3.05) is 10.6 Å². The van der Waals surface area contributed by atoms with Gasteiger partial charge < -0.3 is 5.32 Å². The van der Waals surface area contributed by atoms with Crippen LogP contribution in [0.1, 0.15) is 5.56 Å². The first-order valence-electron chi connectivity index (χ1n) is 5.47. The Labute approximate surface area is 119 Å². The first-order valence-corrected chi connectivity index (χ1v) is 5.85. The fraction of sp³-hybridized carbons (Fsp3) is 0. The number of rotatable bonds is 2. The van der Waals surface area contributed by atoms with Crippen molar-refractivity contribution in [1.29, 1.82) is 5.26 Å². The van der Waals surface area contributed by atoms with Gasteiger partial charge in [-0.05, 0) is 30.3 Å². The lowest BCUT2D eigenvalue weighted by Gasteiger charge is -2.07. The Morgan fingerprint density at radius 2 is 2.10 bits per heavy atom. The van der Waals surface area contributed by atoms with Crippen LogP contribution in [0, 0.1) is 17.1 Å². The highest BCUT2D eigenvalue weighted by Gasteiger charge is 2.06. The second-order valence-electron chi connectivity index (χ2n) is 3.78. The van der Waals surface area contributed by atoms with Crippen LogP contribution in [0.3, 0.4) is 0 Å². The lowest BCUT2D eigenvalue weighted by molar-refractivity contribution is 0.262. The van der Waals surface area contributed by atoms with Gasteiger partial charge in [-0.25, -0.2) is 14.2 Å². The monoisotopic (exact) mass is 290 g/mol. The van der Waals surface area contributed by atoms with E-state index in [0.29, 0.717) is 10.8 Å². The average molecular weight is 291 g/mol. The van der Waals surface area contributed by atoms with Crippen molar-refractivity contribution in [3.05, 3.63) is 52.9 Å². The Hall–Kier alpha value is -2.65. The number of carbonyl (C=O) groups is 1. The fourth-order valence-electron chi connectivity index (χ4n) is 1.45. The molecule has 0 saturated heterocycles. The number of urea groups is 1. The molecule has 2 N–H and O–H groups in total. The molecule has 1 aromatic heterocycles. The summed E-state index contributed by atoms with van der Waals surface area (Å²) in [5.74, 6) is -0.312. The molecule has 5 nitrogen and oxygen atoms in total. The molecule has 0 saturated carbocycles. The molecule has 100 valence electrons. The van der Waals surface area contributed by atoms with Crippen LogP contribution in [0.4, 0.5) is 20.7 Å². The van der Waals surface area contributed by atoms with Crippen molar-refractivity contribution in [2.45, 2.75) is 0 Å². The summed E-state index contributed by atoms with van der Waals surface area (Å²) in [6.45, 7) is 0. The second kappa shape index (κ2) is 5.99. The molecule has 0 radical (unpaired) electrons. The molecule has 0 fully saturated rings. The van der Waals surface area contributed by atoms with Gasteiger partial charge in [0.2, 0.25) is 0 Å². The summed E-state index contributed by atoms with van der Waals surface area (Å²) in [5, 5.41) is 14.0. The standard InChI is InChI=1S/C13H8ClFN4O/c14-9-1-2-12(17-7-9)19-13(20)18-11-4-8(6-16)3-10(15)5-11/h1-5,7H,(H2,17,18,19,20). The van der Waals surface area contributed by atoms with Gasteiger partial charge in [-0.2, -0.15) is 5.26 Å². The molecule has 20 heavy (non-hydrogen) atoms. The maximum absolute atomic E-state index is 13.2. The molecule has 0 bridgehead atoms. The van der Waals surface area contributed by atoms with Gasteiger partial charge in [0.25, 0.3) is 0 Å². The molecular formula is C13H8ClFN4O. The van der Waals surface area contributed by atoms with Gasteiger partial charge in [0.15, 0.2) is 0 Å². The quantitative estimate of drug-likeness (QED) is 0.890. The van der Waals surface area contributed by atoms with Crippen LogP contribution >= 0.6 is 11.6 Å². The molecule has 1 aromatic carbocycles. The van der Waals surface area contributed by atoms with Crippen LogP contribution in [-0.4, -0.2) is 11.0 Å². The summed E-state index contributed by atoms with van der Waals surface area (Å²) in [6, 6.07) is 7.83. The van der Waals surface area contributed by atoms with Gasteiger partial charge in [-0.1, -0.05) is 11.6 Å². The van der Waals surface area contributed by atoms with Crippen LogP contribution in [0.5, 0.6) is 0 Å². The number of hydrogen-bond donors (Lipinski definition) is 2. The Kier molecular flexibility index (Phi) is 4.13. The van der Waals surface area contributed by atoms with Crippen LogP contribution in [-0.2, 0) is 0 Å². The van der Waals surface area contributed by atoms with Crippen LogP contribution in [0.2, 0.25) is 5.02 Å². The number of hydrogen-bond acceptors (Lipinski definition) is 3. The van der Waals surface area contributed by atoms with Gasteiger partial charge in [-0.3, -0.25) is 5.32 Å². The van der Waals surface area contributed by atoms with Crippen molar-refractivity contribution in [3.63, 3.8) is 0 Å². The van der Waals surface area contributed by atoms with Gasteiger partial charge >= 0.3 is 6.03 Å². The first-order chi connectivity index (χ1) is 9.56. The van der Waals surface area contributed by atoms with E-state index in [-0.39, 0.29) is 11.3 Å². The summed E-state index contributed by atoms with van der Waals surface area (Å²) in [4.78, 5) is 15.6. The molecular weight excluding hydrogens is 283 g/mol. The Bertz CT molecular complexity index is 682. The summed E-state index contributed by atoms with van der Waals surface area (Å²) in [7, 11) is 0. The number of nitriles is 1. The number of aromatic nitrogens is 1. The van der Waals surface area contributed by atoms with Crippen LogP contribution < -0.4 is 10.6 Å². The maximum Gasteiger partial charge on any atom is 0.324 e. The van der Waals surface area contributed by atoms with E-state index < -0.39 is 11.8 Å². The summed E-state index contributed by atoms with van der Waals surface area (Å²) in [6.07, 6.45) is 1.38. The summed E-state index contributed by atoms with van der Waals surface area (Å²) < 4.78 is 13.2. The molecule has 0 unspecified atom stereocenters. The van der Waals surface area contributed by atoms with E-state index in [4.69, 9.17) is 16.9 Å². The number of anilines is 2. The largest absolute Gasteiger partial charge is 0.324 e. The molecule has 2 rings (SSSR count). The third-order valence-electron chi connectivity index (χ3n) is 2.25. The minimum atomic E-state index is -0.607. The SMILES string of the molecule is N#Cc1cc(F)cc(NC(=O)Nc2ccc(Cl)cn2)c1. The zero-order valence-corrected chi connectivity index (χ0v) is 10.8. The molecule has 2 aromatic rings. The number of nitrogens with zero attached hydrogens (tertiary/aromatic N) is 2. The van der Waals surface area contributed by atoms with Crippen molar-refractivity contribution >= 4 is 29.1 Å². The van der Waals surface area contributed by atoms with E-state index in [1.54, 1.807) is 12.1 Å². The summed E-state index contributed by atoms with van der Waals surface area (Å²) >= 11 is 5.67. The molecule has 0 aliphatic rings. The minimum Gasteiger partial charge on any atom is -0.308 e. The van der Waals surface area contributed by atoms with E-state index in [1.165, 1.54) is 18.3 Å². The number of carbonyl (C=O) groups excluding carboxylic acids is 1. The van der Waals surface area contributed by atoms with Crippen molar-refractivity contribution in [3.8, 4) is 6.07 Å². The lowest BCUT2D eigenvalue weighted by Crippen LogP contribution is -2.20. The Balaban J connectivity index is 2.06. The Morgan fingerprint density at radius 3 is 2.75 bits per heavy atom. The highest BCUT2D eigenvalue weighted by Crippen LogP contribution is 2.14. The molecule has 7 heteroatoms. The van der Waals surface area contributed by atoms with Crippen molar-refractivity contribution < 1.29 is 9.18 Å². The van der Waals surface area contributed by atoms with E-state index in [1.807, 2.05) is 0 Å². The van der Waals surface area contributed by atoms with Crippen LogP contribution in [0.15, 0.2) is 36.5 Å². The van der Waals surface area contributed by atoms with Gasteiger partial charge in [0.05, 0.1) is 16.7 Å². The van der Waals surface area contributed by atoms with E-state index >= 15 is 0 Å². The summed E-state index contributed by atoms with van der Waals surface area (Å²) in [5.41, 5.74) is 0.290. The molecule has 0 aliphatic heterocycles. The van der Waals surface area contributed by atoms with E-state index in [2.05, 4.69) is 15.6 Å². The topological polar surface area (TPSA) is 77.8 Å². The number of benzene rings is 1. The van der Waals surface area contributed by atoms with Gasteiger partial charge in [0, 0.05) is 11.9 Å². The minimum absolute atomic E-state index is 0.116. The third kappa shape index (κ3) is 3.67. The zero-order chi connectivity index (χ0) is 14.5. The molecule has 0 spiro atoms.